The molecular formula is C10H18N2O2. The maximum absolute atomic E-state index is 10.6. The van der Waals surface area contributed by atoms with E-state index in [1.807, 2.05) is 13.8 Å². The van der Waals surface area contributed by atoms with Gasteiger partial charge in [-0.1, -0.05) is 12.2 Å². The highest BCUT2D eigenvalue weighted by Crippen LogP contribution is 2.13. The lowest BCUT2D eigenvalue weighted by Gasteiger charge is -2.32. The summed E-state index contributed by atoms with van der Waals surface area (Å²) in [6.45, 7) is 6.40. The van der Waals surface area contributed by atoms with E-state index in [9.17, 15) is 4.79 Å². The van der Waals surface area contributed by atoms with Crippen molar-refractivity contribution in [3.05, 3.63) is 12.2 Å². The summed E-state index contributed by atoms with van der Waals surface area (Å²) in [6, 6.07) is 0. The molecule has 1 rings (SSSR count). The summed E-state index contributed by atoms with van der Waals surface area (Å²) in [5.74, 6) is 0. The Morgan fingerprint density at radius 3 is 2.79 bits per heavy atom. The summed E-state index contributed by atoms with van der Waals surface area (Å²) in [4.78, 5) is 12.9. The standard InChI is InChI=1S/C10H18N2O2/c1-10(2,14-9(11)13)8-12-6-4-3-5-7-12/h3-4H,5-8H2,1-2H3,(H2,11,13). The predicted molar refractivity (Wildman–Crippen MR) is 54.9 cm³/mol. The summed E-state index contributed by atoms with van der Waals surface area (Å²) >= 11 is 0. The van der Waals surface area contributed by atoms with E-state index in [0.29, 0.717) is 0 Å². The number of nitrogens with two attached hydrogens (primary N) is 1. The van der Waals surface area contributed by atoms with Crippen LogP contribution in [0.1, 0.15) is 20.3 Å². The van der Waals surface area contributed by atoms with Crippen molar-refractivity contribution in [1.29, 1.82) is 0 Å². The van der Waals surface area contributed by atoms with Crippen LogP contribution in [-0.2, 0) is 4.74 Å². The Morgan fingerprint density at radius 2 is 2.29 bits per heavy atom. The second kappa shape index (κ2) is 4.46. The van der Waals surface area contributed by atoms with E-state index in [4.69, 9.17) is 10.5 Å². The van der Waals surface area contributed by atoms with Gasteiger partial charge in [0.25, 0.3) is 0 Å². The van der Waals surface area contributed by atoms with Crippen molar-refractivity contribution in [3.63, 3.8) is 0 Å². The maximum atomic E-state index is 10.6. The van der Waals surface area contributed by atoms with Gasteiger partial charge >= 0.3 is 6.09 Å². The third kappa shape index (κ3) is 3.79. The molecule has 0 saturated carbocycles. The van der Waals surface area contributed by atoms with Gasteiger partial charge in [-0.05, 0) is 20.3 Å². The second-order valence-electron chi connectivity index (χ2n) is 4.18. The van der Waals surface area contributed by atoms with Crippen molar-refractivity contribution in [2.45, 2.75) is 25.9 Å². The molecule has 0 atom stereocenters. The molecule has 0 aromatic rings. The molecule has 0 bridgehead atoms. The summed E-state index contributed by atoms with van der Waals surface area (Å²) < 4.78 is 5.01. The topological polar surface area (TPSA) is 55.6 Å². The summed E-state index contributed by atoms with van der Waals surface area (Å²) in [6.07, 6.45) is 4.65. The number of ether oxygens (including phenoxy) is 1. The lowest BCUT2D eigenvalue weighted by atomic mass is 10.1. The van der Waals surface area contributed by atoms with Crippen LogP contribution in [0.3, 0.4) is 0 Å². The maximum Gasteiger partial charge on any atom is 0.405 e. The fraction of sp³-hybridized carbons (Fsp3) is 0.700. The molecule has 80 valence electrons. The van der Waals surface area contributed by atoms with Crippen LogP contribution in [0.15, 0.2) is 12.2 Å². The normalized spacial score (nSPS) is 18.1. The molecule has 0 fully saturated rings. The second-order valence-corrected chi connectivity index (χ2v) is 4.18. The van der Waals surface area contributed by atoms with Crippen LogP contribution in [0.2, 0.25) is 0 Å². The number of rotatable bonds is 3. The predicted octanol–water partition coefficient (Wildman–Crippen LogP) is 1.12. The summed E-state index contributed by atoms with van der Waals surface area (Å²) in [5, 5.41) is 0. The minimum absolute atomic E-state index is 0.503. The molecule has 0 aliphatic carbocycles. The molecule has 4 heteroatoms. The van der Waals surface area contributed by atoms with Crippen LogP contribution in [0.25, 0.3) is 0 Å². The Kier molecular flexibility index (Phi) is 3.52. The summed E-state index contributed by atoms with van der Waals surface area (Å²) in [7, 11) is 0. The molecule has 1 aliphatic rings. The number of carbonyl (C=O) groups excluding carboxylic acids is 1. The third-order valence-electron chi connectivity index (χ3n) is 2.12. The zero-order chi connectivity index (χ0) is 10.6. The first-order chi connectivity index (χ1) is 6.49. The monoisotopic (exact) mass is 198 g/mol. The Hall–Kier alpha value is -1.03. The number of primary amides is 1. The van der Waals surface area contributed by atoms with Crippen LogP contribution in [0.4, 0.5) is 4.79 Å². The number of amides is 1. The molecule has 0 spiro atoms. The van der Waals surface area contributed by atoms with Gasteiger partial charge in [0.05, 0.1) is 0 Å². The van der Waals surface area contributed by atoms with Crippen LogP contribution >= 0.6 is 0 Å². The lowest BCUT2D eigenvalue weighted by Crippen LogP contribution is -2.44. The van der Waals surface area contributed by atoms with Crippen LogP contribution in [-0.4, -0.2) is 36.2 Å². The molecule has 0 aromatic heterocycles. The Morgan fingerprint density at radius 1 is 1.57 bits per heavy atom. The Labute approximate surface area is 84.7 Å². The first-order valence-electron chi connectivity index (χ1n) is 4.85. The summed E-state index contributed by atoms with van der Waals surface area (Å²) in [5.41, 5.74) is 4.49. The largest absolute Gasteiger partial charge is 0.442 e. The first kappa shape index (κ1) is 11.0. The van der Waals surface area contributed by atoms with E-state index in [0.717, 1.165) is 26.1 Å². The van der Waals surface area contributed by atoms with Crippen molar-refractivity contribution >= 4 is 6.09 Å². The van der Waals surface area contributed by atoms with Gasteiger partial charge in [0, 0.05) is 19.6 Å². The van der Waals surface area contributed by atoms with Crippen LogP contribution in [0.5, 0.6) is 0 Å². The molecule has 2 N–H and O–H groups in total. The molecule has 0 radical (unpaired) electrons. The Bertz CT molecular complexity index is 236. The van der Waals surface area contributed by atoms with Crippen molar-refractivity contribution in [2.24, 2.45) is 5.73 Å². The van der Waals surface area contributed by atoms with Crippen molar-refractivity contribution in [2.75, 3.05) is 19.6 Å². The molecule has 1 heterocycles. The zero-order valence-corrected chi connectivity index (χ0v) is 8.82. The molecule has 0 unspecified atom stereocenters. The molecule has 1 aliphatic heterocycles. The third-order valence-corrected chi connectivity index (χ3v) is 2.12. The lowest BCUT2D eigenvalue weighted by molar-refractivity contribution is 0.0180. The average Bonchev–Trinajstić information content (AvgIpc) is 2.02. The van der Waals surface area contributed by atoms with Gasteiger partial charge < -0.3 is 10.5 Å². The van der Waals surface area contributed by atoms with Crippen LogP contribution in [0, 0.1) is 0 Å². The number of nitrogens with zero attached hydrogens (tertiary/aromatic N) is 1. The van der Waals surface area contributed by atoms with E-state index in [-0.39, 0.29) is 0 Å². The fourth-order valence-electron chi connectivity index (χ4n) is 1.68. The highest BCUT2D eigenvalue weighted by atomic mass is 16.6. The molecule has 1 amide bonds. The van der Waals surface area contributed by atoms with Gasteiger partial charge in [0.2, 0.25) is 0 Å². The molecular weight excluding hydrogens is 180 g/mol. The minimum Gasteiger partial charge on any atom is -0.442 e. The molecule has 4 nitrogen and oxygen atoms in total. The number of carbonyl (C=O) groups is 1. The van der Waals surface area contributed by atoms with E-state index in [2.05, 4.69) is 17.1 Å². The average molecular weight is 198 g/mol. The van der Waals surface area contributed by atoms with Crippen LogP contribution < -0.4 is 5.73 Å². The number of hydrogen-bond donors (Lipinski definition) is 1. The highest BCUT2D eigenvalue weighted by molar-refractivity contribution is 5.65. The van der Waals surface area contributed by atoms with Gasteiger partial charge in [-0.15, -0.1) is 0 Å². The SMILES string of the molecule is CC(C)(CN1CC=CCC1)OC(N)=O. The van der Waals surface area contributed by atoms with E-state index in [1.165, 1.54) is 0 Å². The molecule has 0 aromatic carbocycles. The smallest absolute Gasteiger partial charge is 0.405 e. The van der Waals surface area contributed by atoms with Crippen molar-refractivity contribution in [3.8, 4) is 0 Å². The van der Waals surface area contributed by atoms with Gasteiger partial charge in [0.15, 0.2) is 0 Å². The van der Waals surface area contributed by atoms with E-state index >= 15 is 0 Å². The highest BCUT2D eigenvalue weighted by Gasteiger charge is 2.24. The quantitative estimate of drug-likeness (QED) is 0.691. The first-order valence-corrected chi connectivity index (χ1v) is 4.85. The Balaban J connectivity index is 2.41. The van der Waals surface area contributed by atoms with E-state index < -0.39 is 11.7 Å². The number of hydrogen-bond acceptors (Lipinski definition) is 3. The van der Waals surface area contributed by atoms with Gasteiger partial charge in [-0.3, -0.25) is 4.90 Å². The molecule has 0 saturated heterocycles. The van der Waals surface area contributed by atoms with E-state index in [1.54, 1.807) is 0 Å². The zero-order valence-electron chi connectivity index (χ0n) is 8.82. The molecule has 14 heavy (non-hydrogen) atoms. The van der Waals surface area contributed by atoms with Crippen molar-refractivity contribution < 1.29 is 9.53 Å². The van der Waals surface area contributed by atoms with Gasteiger partial charge in [-0.25, -0.2) is 4.79 Å². The van der Waals surface area contributed by atoms with Gasteiger partial charge in [0.1, 0.15) is 5.60 Å². The van der Waals surface area contributed by atoms with Crippen molar-refractivity contribution in [1.82, 2.24) is 4.90 Å². The minimum atomic E-state index is -0.706. The van der Waals surface area contributed by atoms with Gasteiger partial charge in [-0.2, -0.15) is 0 Å². The fourth-order valence-corrected chi connectivity index (χ4v) is 1.68.